The molecule has 0 aliphatic carbocycles. The fourth-order valence-electron chi connectivity index (χ4n) is 0. The Kier molecular flexibility index (Phi) is 2110. The van der Waals surface area contributed by atoms with Gasteiger partial charge in [-0.15, -0.1) is 4.91 Å². The summed E-state index contributed by atoms with van der Waals surface area (Å²) in [4.78, 5) is 8.11. The van der Waals surface area contributed by atoms with Crippen molar-refractivity contribution < 1.29 is 38.7 Å². The third-order valence-electron chi connectivity index (χ3n) is 0. The molecule has 0 aromatic rings. The van der Waals surface area contributed by atoms with E-state index in [1.54, 1.807) is 0 Å². The van der Waals surface area contributed by atoms with Gasteiger partial charge >= 0.3 is 0 Å². The molecule has 0 atom stereocenters. The van der Waals surface area contributed by atoms with Crippen LogP contribution in [0.5, 0.6) is 0 Å². The zero-order chi connectivity index (χ0) is 2.71. The van der Waals surface area contributed by atoms with Crippen molar-refractivity contribution in [3.05, 3.63) is 4.91 Å². The van der Waals surface area contributed by atoms with Crippen LogP contribution in [0.3, 0.4) is 0 Å². The van der Waals surface area contributed by atoms with Crippen LogP contribution in [0.1, 0.15) is 0 Å². The molecule has 0 spiro atoms. The molecule has 0 aliphatic rings. The van der Waals surface area contributed by atoms with Gasteiger partial charge < -0.3 is 21.6 Å². The fraction of sp³-hybridized carbons (Fsp3) is 0. The molecule has 0 rings (SSSR count). The molecule has 7 N–H and O–H groups in total. The van der Waals surface area contributed by atoms with Crippen LogP contribution in [0.15, 0.2) is 5.34 Å². The van der Waals surface area contributed by atoms with Crippen LogP contribution < -0.4 is 0 Å². The largest absolute Gasteiger partial charge is 0.412 e. The third kappa shape index (κ3) is 2080. The van der Waals surface area contributed by atoms with Crippen LogP contribution in [-0.2, 0) is 17.1 Å². The molecule has 0 aliphatic heterocycles. The average Bonchev–Trinajstić information content (AvgIpc) is 0.918. The molecular formula is H7CuNO5. The van der Waals surface area contributed by atoms with E-state index in [1.807, 2.05) is 0 Å². The first-order valence-electron chi connectivity index (χ1n) is 0.383. The number of rotatable bonds is 0. The Balaban J connectivity index is -0.00000000333. The van der Waals surface area contributed by atoms with Crippen molar-refractivity contribution in [1.82, 2.24) is 0 Å². The summed E-state index contributed by atoms with van der Waals surface area (Å²) in [6.45, 7) is 0. The van der Waals surface area contributed by atoms with E-state index in [0.29, 0.717) is 0 Å². The van der Waals surface area contributed by atoms with Crippen molar-refractivity contribution >= 4 is 0 Å². The molecular weight excluding hydrogens is 158 g/mol. The molecule has 7 heavy (non-hydrogen) atoms. The van der Waals surface area contributed by atoms with E-state index in [2.05, 4.69) is 0 Å². The predicted octanol–water partition coefficient (Wildman–Crippen LogP) is -2.33. The van der Waals surface area contributed by atoms with Crippen molar-refractivity contribution in [1.29, 1.82) is 0 Å². The minimum Gasteiger partial charge on any atom is -0.412 e. The van der Waals surface area contributed by atoms with Crippen LogP contribution in [0.4, 0.5) is 0 Å². The minimum atomic E-state index is 0. The Morgan fingerprint density at radius 3 is 1.14 bits per heavy atom. The first kappa shape index (κ1) is 70.6. The van der Waals surface area contributed by atoms with Gasteiger partial charge in [-0.2, -0.15) is 0 Å². The van der Waals surface area contributed by atoms with Gasteiger partial charge in [0.25, 0.3) is 0 Å². The zero-order valence-corrected chi connectivity index (χ0v) is 4.05. The van der Waals surface area contributed by atoms with Crippen LogP contribution in [0, 0.1) is 4.91 Å². The summed E-state index contributed by atoms with van der Waals surface area (Å²) in [7, 11) is 0. The fourth-order valence-corrected chi connectivity index (χ4v) is 0. The number of nitrogens with zero attached hydrogens (tertiary/aromatic N) is 1. The molecule has 0 heterocycles. The first-order chi connectivity index (χ1) is 1.41. The second kappa shape index (κ2) is 209. The van der Waals surface area contributed by atoms with Gasteiger partial charge in [-0.1, -0.05) is 0 Å². The molecule has 0 unspecified atom stereocenters. The number of hydrogen-bond acceptors (Lipinski definition) is 2. The molecule has 0 saturated carbocycles. The monoisotopic (exact) mass is 164 g/mol. The van der Waals surface area contributed by atoms with Gasteiger partial charge in [0.2, 0.25) is 0 Å². The predicted molar refractivity (Wildman–Crippen MR) is 18.4 cm³/mol. The normalized spacial score (nSPS) is 1.71. The topological polar surface area (TPSA) is 144 Å². The third-order valence-corrected chi connectivity index (χ3v) is 0. The Hall–Kier alpha value is -0.201. The Bertz CT molecular complexity index is 15.6. The van der Waals surface area contributed by atoms with E-state index in [1.165, 1.54) is 5.34 Å². The summed E-state index contributed by atoms with van der Waals surface area (Å²) in [6.07, 6.45) is 0. The van der Waals surface area contributed by atoms with Gasteiger partial charge in [-0.05, 0) is 0 Å². The summed E-state index contributed by atoms with van der Waals surface area (Å²) in [5.41, 5.74) is 0. The van der Waals surface area contributed by atoms with Crippen molar-refractivity contribution in [2.75, 3.05) is 0 Å². The molecule has 0 aromatic carbocycles. The summed E-state index contributed by atoms with van der Waals surface area (Å²) in [6, 6.07) is 0. The molecule has 7 heteroatoms. The Morgan fingerprint density at radius 2 is 1.14 bits per heavy atom. The summed E-state index contributed by atoms with van der Waals surface area (Å²) in [5, 5.41) is 7.89. The van der Waals surface area contributed by atoms with Crippen LogP contribution in [0.2, 0.25) is 0 Å². The molecule has 0 amide bonds. The van der Waals surface area contributed by atoms with Crippen LogP contribution in [-0.4, -0.2) is 21.6 Å². The van der Waals surface area contributed by atoms with E-state index in [4.69, 9.17) is 10.1 Å². The molecule has 6 nitrogen and oxygen atoms in total. The van der Waals surface area contributed by atoms with Crippen molar-refractivity contribution in [2.24, 2.45) is 5.34 Å². The van der Waals surface area contributed by atoms with E-state index < -0.39 is 0 Å². The van der Waals surface area contributed by atoms with Gasteiger partial charge in [-0.3, -0.25) is 0 Å². The van der Waals surface area contributed by atoms with Crippen molar-refractivity contribution in [2.45, 2.75) is 0 Å². The summed E-state index contributed by atoms with van der Waals surface area (Å²) < 4.78 is 0. The van der Waals surface area contributed by atoms with Gasteiger partial charge in [0.05, 0.1) is 0 Å². The molecule has 0 saturated heterocycles. The zero-order valence-electron chi connectivity index (χ0n) is 3.10. The Labute approximate surface area is 49.9 Å². The van der Waals surface area contributed by atoms with Gasteiger partial charge in [-0.25, -0.2) is 0 Å². The quantitative estimate of drug-likeness (QED) is 0.243. The van der Waals surface area contributed by atoms with Crippen LogP contribution in [0.25, 0.3) is 0 Å². The Morgan fingerprint density at radius 1 is 1.14 bits per heavy atom. The molecule has 0 fully saturated rings. The maximum Gasteiger partial charge on any atom is 0.152 e. The van der Waals surface area contributed by atoms with Crippen molar-refractivity contribution in [3.8, 4) is 0 Å². The van der Waals surface area contributed by atoms with Gasteiger partial charge in [0, 0.05) is 17.1 Å². The van der Waals surface area contributed by atoms with E-state index in [9.17, 15) is 0 Å². The van der Waals surface area contributed by atoms with Crippen LogP contribution >= 0.6 is 0 Å². The SMILES string of the molecule is O.O.O.O=NO.[Cu]. The minimum absolute atomic E-state index is 0. The maximum absolute atomic E-state index is 8.11. The molecule has 0 bridgehead atoms. The second-order valence-corrected chi connectivity index (χ2v) is 0.0816. The standard InChI is InChI=1S/Cu.HNO2.3H2O/c;2-1-3;;;/h;(H,2,3);3*1H2. The summed E-state index contributed by atoms with van der Waals surface area (Å²) in [5.74, 6) is 0. The molecule has 0 aromatic heterocycles. The second-order valence-electron chi connectivity index (χ2n) is 0.0816. The van der Waals surface area contributed by atoms with Gasteiger partial charge in [0.15, 0.2) is 5.34 Å². The van der Waals surface area contributed by atoms with Gasteiger partial charge in [0.1, 0.15) is 0 Å². The summed E-state index contributed by atoms with van der Waals surface area (Å²) >= 11 is 0. The first-order valence-corrected chi connectivity index (χ1v) is 0.383. The molecule has 53 valence electrons. The van der Waals surface area contributed by atoms with E-state index >= 15 is 0 Å². The average molecular weight is 165 g/mol. The molecule has 1 radical (unpaired) electrons. The van der Waals surface area contributed by atoms with E-state index in [-0.39, 0.29) is 33.5 Å². The van der Waals surface area contributed by atoms with Crippen molar-refractivity contribution in [3.63, 3.8) is 0 Å². The maximum atomic E-state index is 8.11. The van der Waals surface area contributed by atoms with E-state index in [0.717, 1.165) is 0 Å². The number of hydrogen-bond donors (Lipinski definition) is 1. The smallest absolute Gasteiger partial charge is 0.152 e.